The number of ether oxygens (including phenoxy) is 2. The van der Waals surface area contributed by atoms with E-state index in [1.54, 1.807) is 12.1 Å². The van der Waals surface area contributed by atoms with Crippen LogP contribution in [0, 0.1) is 0 Å². The topological polar surface area (TPSA) is 48.7 Å². The fraction of sp³-hybridized carbons (Fsp3) is 0.214. The Morgan fingerprint density at radius 2 is 2.00 bits per heavy atom. The minimum absolute atomic E-state index is 0.179. The Morgan fingerprint density at radius 3 is 2.72 bits per heavy atom. The average molecular weight is 246 g/mol. The second kappa shape index (κ2) is 5.40. The predicted molar refractivity (Wildman–Crippen MR) is 66.7 cm³/mol. The first-order chi connectivity index (χ1) is 8.76. The molecule has 0 amide bonds. The van der Waals surface area contributed by atoms with E-state index < -0.39 is 5.97 Å². The molecular formula is C14H14O4. The fourth-order valence-corrected chi connectivity index (χ4v) is 1.64. The molecule has 0 atom stereocenters. The molecule has 0 unspecified atom stereocenters. The molecule has 1 aromatic carbocycles. The Morgan fingerprint density at radius 1 is 1.22 bits per heavy atom. The van der Waals surface area contributed by atoms with Crippen LogP contribution in [0.15, 0.2) is 40.8 Å². The highest BCUT2D eigenvalue weighted by Crippen LogP contribution is 2.31. The van der Waals surface area contributed by atoms with E-state index in [1.165, 1.54) is 7.11 Å². The molecule has 94 valence electrons. The van der Waals surface area contributed by atoms with Gasteiger partial charge < -0.3 is 13.9 Å². The smallest absolute Gasteiger partial charge is 0.373 e. The molecule has 4 heteroatoms. The van der Waals surface area contributed by atoms with Gasteiger partial charge in [0, 0.05) is 0 Å². The molecular weight excluding hydrogens is 232 g/mol. The van der Waals surface area contributed by atoms with Crippen molar-refractivity contribution in [2.75, 3.05) is 13.7 Å². The van der Waals surface area contributed by atoms with Crippen molar-refractivity contribution in [2.24, 2.45) is 0 Å². The standard InChI is InChI=1S/C14H14O4/c1-3-17-11-7-5-4-6-10(11)12-8-9-13(18-12)14(15)16-2/h4-9H,3H2,1-2H3. The molecule has 0 saturated carbocycles. The van der Waals surface area contributed by atoms with Crippen molar-refractivity contribution in [1.82, 2.24) is 0 Å². The monoisotopic (exact) mass is 246 g/mol. The first-order valence-electron chi connectivity index (χ1n) is 5.66. The number of benzene rings is 1. The van der Waals surface area contributed by atoms with E-state index in [9.17, 15) is 4.79 Å². The van der Waals surface area contributed by atoms with Crippen LogP contribution in [0.2, 0.25) is 0 Å². The van der Waals surface area contributed by atoms with E-state index >= 15 is 0 Å². The maximum Gasteiger partial charge on any atom is 0.373 e. The fourth-order valence-electron chi connectivity index (χ4n) is 1.64. The Hall–Kier alpha value is -2.23. The number of hydrogen-bond acceptors (Lipinski definition) is 4. The third-order valence-corrected chi connectivity index (χ3v) is 2.44. The molecule has 0 aliphatic carbocycles. The summed E-state index contributed by atoms with van der Waals surface area (Å²) in [6.07, 6.45) is 0. The second-order valence-corrected chi connectivity index (χ2v) is 3.58. The van der Waals surface area contributed by atoms with E-state index in [0.717, 1.165) is 11.3 Å². The first-order valence-corrected chi connectivity index (χ1v) is 5.66. The van der Waals surface area contributed by atoms with Crippen LogP contribution in [0.3, 0.4) is 0 Å². The largest absolute Gasteiger partial charge is 0.493 e. The summed E-state index contributed by atoms with van der Waals surface area (Å²) in [5.74, 6) is 0.999. The van der Waals surface area contributed by atoms with Crippen molar-refractivity contribution in [2.45, 2.75) is 6.92 Å². The van der Waals surface area contributed by atoms with Gasteiger partial charge in [-0.05, 0) is 31.2 Å². The molecule has 0 N–H and O–H groups in total. The molecule has 4 nitrogen and oxygen atoms in total. The molecule has 0 bridgehead atoms. The third-order valence-electron chi connectivity index (χ3n) is 2.44. The summed E-state index contributed by atoms with van der Waals surface area (Å²) in [5.41, 5.74) is 0.814. The van der Waals surface area contributed by atoms with Crippen LogP contribution in [0.25, 0.3) is 11.3 Å². The van der Waals surface area contributed by atoms with Gasteiger partial charge in [-0.2, -0.15) is 0 Å². The van der Waals surface area contributed by atoms with Gasteiger partial charge in [0.15, 0.2) is 0 Å². The van der Waals surface area contributed by atoms with Crippen LogP contribution < -0.4 is 4.74 Å². The SMILES string of the molecule is CCOc1ccccc1-c1ccc(C(=O)OC)o1. The van der Waals surface area contributed by atoms with E-state index in [4.69, 9.17) is 9.15 Å². The number of furan rings is 1. The summed E-state index contributed by atoms with van der Waals surface area (Å²) < 4.78 is 15.6. The lowest BCUT2D eigenvalue weighted by atomic mass is 10.1. The number of methoxy groups -OCH3 is 1. The summed E-state index contributed by atoms with van der Waals surface area (Å²) in [7, 11) is 1.32. The summed E-state index contributed by atoms with van der Waals surface area (Å²) in [6.45, 7) is 2.49. The molecule has 18 heavy (non-hydrogen) atoms. The second-order valence-electron chi connectivity index (χ2n) is 3.58. The minimum atomic E-state index is -0.491. The van der Waals surface area contributed by atoms with Crippen LogP contribution >= 0.6 is 0 Å². The zero-order chi connectivity index (χ0) is 13.0. The van der Waals surface area contributed by atoms with Crippen molar-refractivity contribution >= 4 is 5.97 Å². The Kier molecular flexibility index (Phi) is 3.67. The highest BCUT2D eigenvalue weighted by Gasteiger charge is 2.14. The zero-order valence-electron chi connectivity index (χ0n) is 10.3. The Bertz CT molecular complexity index is 542. The molecule has 0 saturated heterocycles. The maximum absolute atomic E-state index is 11.3. The van der Waals surface area contributed by atoms with Gasteiger partial charge in [0.2, 0.25) is 5.76 Å². The average Bonchev–Trinajstić information content (AvgIpc) is 2.88. The summed E-state index contributed by atoms with van der Waals surface area (Å²) in [6, 6.07) is 10.8. The summed E-state index contributed by atoms with van der Waals surface area (Å²) >= 11 is 0. The molecule has 0 spiro atoms. The number of rotatable bonds is 4. The molecule has 0 aliphatic rings. The normalized spacial score (nSPS) is 10.1. The van der Waals surface area contributed by atoms with Crippen molar-refractivity contribution in [3.63, 3.8) is 0 Å². The van der Waals surface area contributed by atoms with E-state index in [1.807, 2.05) is 31.2 Å². The van der Waals surface area contributed by atoms with E-state index in [2.05, 4.69) is 4.74 Å². The van der Waals surface area contributed by atoms with Crippen LogP contribution in [0.1, 0.15) is 17.5 Å². The minimum Gasteiger partial charge on any atom is -0.493 e. The molecule has 1 heterocycles. The van der Waals surface area contributed by atoms with Crippen molar-refractivity contribution in [1.29, 1.82) is 0 Å². The van der Waals surface area contributed by atoms with Gasteiger partial charge in [-0.15, -0.1) is 0 Å². The van der Waals surface area contributed by atoms with Crippen LogP contribution in [0.4, 0.5) is 0 Å². The van der Waals surface area contributed by atoms with Crippen LogP contribution in [0.5, 0.6) is 5.75 Å². The molecule has 1 aromatic heterocycles. The maximum atomic E-state index is 11.3. The van der Waals surface area contributed by atoms with Crippen molar-refractivity contribution in [3.8, 4) is 17.1 Å². The van der Waals surface area contributed by atoms with Gasteiger partial charge in [0.05, 0.1) is 19.3 Å². The lowest BCUT2D eigenvalue weighted by molar-refractivity contribution is 0.0566. The molecule has 0 radical (unpaired) electrons. The number of para-hydroxylation sites is 1. The number of carbonyl (C=O) groups is 1. The Balaban J connectivity index is 2.36. The van der Waals surface area contributed by atoms with Gasteiger partial charge in [-0.25, -0.2) is 4.79 Å². The molecule has 2 rings (SSSR count). The van der Waals surface area contributed by atoms with Gasteiger partial charge >= 0.3 is 5.97 Å². The summed E-state index contributed by atoms with van der Waals surface area (Å²) in [4.78, 5) is 11.3. The molecule has 0 aliphatic heterocycles. The van der Waals surface area contributed by atoms with Gasteiger partial charge in [-0.1, -0.05) is 12.1 Å². The molecule has 2 aromatic rings. The van der Waals surface area contributed by atoms with Gasteiger partial charge in [0.25, 0.3) is 0 Å². The van der Waals surface area contributed by atoms with Crippen LogP contribution in [-0.4, -0.2) is 19.7 Å². The van der Waals surface area contributed by atoms with Gasteiger partial charge in [0.1, 0.15) is 11.5 Å². The summed E-state index contributed by atoms with van der Waals surface area (Å²) in [5, 5.41) is 0. The van der Waals surface area contributed by atoms with Crippen molar-refractivity contribution in [3.05, 3.63) is 42.2 Å². The zero-order valence-corrected chi connectivity index (χ0v) is 10.3. The van der Waals surface area contributed by atoms with Crippen LogP contribution in [-0.2, 0) is 4.74 Å². The highest BCUT2D eigenvalue weighted by molar-refractivity contribution is 5.87. The quantitative estimate of drug-likeness (QED) is 0.777. The number of carbonyl (C=O) groups excluding carboxylic acids is 1. The first kappa shape index (κ1) is 12.2. The number of esters is 1. The highest BCUT2D eigenvalue weighted by atomic mass is 16.5. The lowest BCUT2D eigenvalue weighted by Gasteiger charge is -2.07. The number of hydrogen-bond donors (Lipinski definition) is 0. The van der Waals surface area contributed by atoms with Crippen molar-refractivity contribution < 1.29 is 18.7 Å². The van der Waals surface area contributed by atoms with Gasteiger partial charge in [-0.3, -0.25) is 0 Å². The lowest BCUT2D eigenvalue weighted by Crippen LogP contribution is -1.98. The molecule has 0 fully saturated rings. The van der Waals surface area contributed by atoms with E-state index in [-0.39, 0.29) is 5.76 Å². The third kappa shape index (κ3) is 2.37. The predicted octanol–water partition coefficient (Wildman–Crippen LogP) is 3.13. The Labute approximate surface area is 105 Å². The van der Waals surface area contributed by atoms with E-state index in [0.29, 0.717) is 12.4 Å².